The summed E-state index contributed by atoms with van der Waals surface area (Å²) >= 11 is 1.80. The lowest BCUT2D eigenvalue weighted by atomic mass is 9.93. The molecule has 3 unspecified atom stereocenters. The predicted octanol–water partition coefficient (Wildman–Crippen LogP) is 2.76. The van der Waals surface area contributed by atoms with E-state index in [2.05, 4.69) is 27.5 Å². The molecule has 0 amide bonds. The Kier molecular flexibility index (Phi) is 3.79. The summed E-state index contributed by atoms with van der Waals surface area (Å²) in [4.78, 5) is 0. The van der Waals surface area contributed by atoms with E-state index in [0.29, 0.717) is 0 Å². The van der Waals surface area contributed by atoms with Crippen LogP contribution < -0.4 is 10.6 Å². The summed E-state index contributed by atoms with van der Waals surface area (Å²) in [6.07, 6.45) is 6.95. The van der Waals surface area contributed by atoms with E-state index in [0.717, 1.165) is 24.5 Å². The molecule has 1 aromatic rings. The number of hydrogen-bond acceptors (Lipinski definition) is 3. The summed E-state index contributed by atoms with van der Waals surface area (Å²) in [6, 6.07) is 3.76. The topological polar surface area (TPSA) is 24.1 Å². The lowest BCUT2D eigenvalue weighted by molar-refractivity contribution is 0.320. The van der Waals surface area contributed by atoms with Gasteiger partial charge < -0.3 is 10.6 Å². The van der Waals surface area contributed by atoms with Crippen LogP contribution in [0.2, 0.25) is 0 Å². The van der Waals surface area contributed by atoms with Crippen LogP contribution in [0.25, 0.3) is 0 Å². The molecule has 2 N–H and O–H groups in total. The van der Waals surface area contributed by atoms with E-state index in [1.807, 2.05) is 0 Å². The van der Waals surface area contributed by atoms with Crippen LogP contribution in [0.4, 0.5) is 0 Å². The van der Waals surface area contributed by atoms with Gasteiger partial charge in [-0.25, -0.2) is 0 Å². The zero-order chi connectivity index (χ0) is 11.5. The summed E-state index contributed by atoms with van der Waals surface area (Å²) in [7, 11) is 0. The van der Waals surface area contributed by atoms with Crippen LogP contribution in [0.15, 0.2) is 16.8 Å². The molecule has 2 fully saturated rings. The SMILES string of the molecule is c1cc(CNC2CCCC2C2CCCN2)cs1. The molecule has 0 aromatic carbocycles. The zero-order valence-corrected chi connectivity index (χ0v) is 11.1. The molecule has 1 aliphatic heterocycles. The molecule has 17 heavy (non-hydrogen) atoms. The van der Waals surface area contributed by atoms with Gasteiger partial charge in [-0.15, -0.1) is 0 Å². The van der Waals surface area contributed by atoms with Crippen molar-refractivity contribution in [3.05, 3.63) is 22.4 Å². The highest BCUT2D eigenvalue weighted by Gasteiger charge is 2.34. The van der Waals surface area contributed by atoms with Gasteiger partial charge in [0.2, 0.25) is 0 Å². The molecule has 2 heterocycles. The van der Waals surface area contributed by atoms with Gasteiger partial charge in [0.15, 0.2) is 0 Å². The van der Waals surface area contributed by atoms with Gasteiger partial charge in [0.1, 0.15) is 0 Å². The molecular formula is C14H22N2S. The van der Waals surface area contributed by atoms with Gasteiger partial charge in [0.25, 0.3) is 0 Å². The summed E-state index contributed by atoms with van der Waals surface area (Å²) in [5, 5.41) is 11.9. The minimum absolute atomic E-state index is 0.741. The van der Waals surface area contributed by atoms with Crippen molar-refractivity contribution in [1.29, 1.82) is 0 Å². The van der Waals surface area contributed by atoms with Gasteiger partial charge >= 0.3 is 0 Å². The summed E-state index contributed by atoms with van der Waals surface area (Å²) < 4.78 is 0. The lowest BCUT2D eigenvalue weighted by Crippen LogP contribution is -2.41. The molecule has 1 aromatic heterocycles. The van der Waals surface area contributed by atoms with Gasteiger partial charge in [0.05, 0.1) is 0 Å². The second-order valence-electron chi connectivity index (χ2n) is 5.42. The summed E-state index contributed by atoms with van der Waals surface area (Å²) in [5.74, 6) is 0.871. The van der Waals surface area contributed by atoms with Crippen LogP contribution in [0, 0.1) is 5.92 Å². The molecule has 2 aliphatic rings. The smallest absolute Gasteiger partial charge is 0.0216 e. The predicted molar refractivity (Wildman–Crippen MR) is 73.3 cm³/mol. The van der Waals surface area contributed by atoms with E-state index in [4.69, 9.17) is 0 Å². The zero-order valence-electron chi connectivity index (χ0n) is 10.3. The first-order valence-corrected chi connectivity index (χ1v) is 7.85. The number of hydrogen-bond donors (Lipinski definition) is 2. The van der Waals surface area contributed by atoms with E-state index in [1.165, 1.54) is 44.2 Å². The number of rotatable bonds is 4. The molecule has 1 saturated carbocycles. The van der Waals surface area contributed by atoms with Gasteiger partial charge in [-0.3, -0.25) is 0 Å². The molecule has 3 heteroatoms. The maximum Gasteiger partial charge on any atom is 0.0216 e. The third kappa shape index (κ3) is 2.72. The molecule has 1 aliphatic carbocycles. The van der Waals surface area contributed by atoms with Crippen LogP contribution >= 0.6 is 11.3 Å². The molecule has 2 nitrogen and oxygen atoms in total. The van der Waals surface area contributed by atoms with E-state index in [1.54, 1.807) is 11.3 Å². The van der Waals surface area contributed by atoms with Crippen LogP contribution in [-0.4, -0.2) is 18.6 Å². The molecule has 3 atom stereocenters. The van der Waals surface area contributed by atoms with Gasteiger partial charge in [0, 0.05) is 18.6 Å². The molecule has 0 spiro atoms. The monoisotopic (exact) mass is 250 g/mol. The van der Waals surface area contributed by atoms with Crippen LogP contribution in [0.1, 0.15) is 37.7 Å². The number of nitrogens with one attached hydrogen (secondary N) is 2. The second kappa shape index (κ2) is 5.51. The van der Waals surface area contributed by atoms with E-state index >= 15 is 0 Å². The standard InChI is InChI=1S/C14H22N2S/c1-3-12(13-5-2-7-15-13)14(4-1)16-9-11-6-8-17-10-11/h6,8,10,12-16H,1-5,7,9H2. The van der Waals surface area contributed by atoms with Crippen molar-refractivity contribution in [3.63, 3.8) is 0 Å². The molecule has 3 rings (SSSR count). The Labute approximate surface area is 108 Å². The van der Waals surface area contributed by atoms with Crippen molar-refractivity contribution in [3.8, 4) is 0 Å². The first-order valence-electron chi connectivity index (χ1n) is 6.91. The largest absolute Gasteiger partial charge is 0.314 e. The van der Waals surface area contributed by atoms with Crippen molar-refractivity contribution in [2.45, 2.75) is 50.7 Å². The molecule has 1 saturated heterocycles. The van der Waals surface area contributed by atoms with Crippen molar-refractivity contribution in [1.82, 2.24) is 10.6 Å². The Bertz CT molecular complexity index is 330. The molecule has 0 radical (unpaired) electrons. The van der Waals surface area contributed by atoms with Crippen molar-refractivity contribution >= 4 is 11.3 Å². The maximum atomic E-state index is 3.78. The van der Waals surface area contributed by atoms with Crippen LogP contribution in [0.3, 0.4) is 0 Å². The molecular weight excluding hydrogens is 228 g/mol. The third-order valence-electron chi connectivity index (χ3n) is 4.33. The van der Waals surface area contributed by atoms with Gasteiger partial charge in [-0.1, -0.05) is 6.42 Å². The van der Waals surface area contributed by atoms with Crippen LogP contribution in [-0.2, 0) is 6.54 Å². The fraction of sp³-hybridized carbons (Fsp3) is 0.714. The van der Waals surface area contributed by atoms with Crippen LogP contribution in [0.5, 0.6) is 0 Å². The van der Waals surface area contributed by atoms with E-state index in [9.17, 15) is 0 Å². The summed E-state index contributed by atoms with van der Waals surface area (Å²) in [6.45, 7) is 2.29. The number of thiophene rings is 1. The quantitative estimate of drug-likeness (QED) is 0.858. The van der Waals surface area contributed by atoms with Crippen molar-refractivity contribution < 1.29 is 0 Å². The first-order chi connectivity index (χ1) is 8.43. The molecule has 94 valence electrons. The average Bonchev–Trinajstić information content (AvgIpc) is 3.09. The van der Waals surface area contributed by atoms with Crippen molar-refractivity contribution in [2.24, 2.45) is 5.92 Å². The second-order valence-corrected chi connectivity index (χ2v) is 6.20. The molecule has 0 bridgehead atoms. The van der Waals surface area contributed by atoms with Crippen molar-refractivity contribution in [2.75, 3.05) is 6.54 Å². The fourth-order valence-electron chi connectivity index (χ4n) is 3.44. The minimum atomic E-state index is 0.741. The van der Waals surface area contributed by atoms with E-state index in [-0.39, 0.29) is 0 Å². The van der Waals surface area contributed by atoms with Gasteiger partial charge in [-0.2, -0.15) is 11.3 Å². The average molecular weight is 250 g/mol. The van der Waals surface area contributed by atoms with Gasteiger partial charge in [-0.05, 0) is 60.5 Å². The Hall–Kier alpha value is -0.380. The Morgan fingerprint density at radius 2 is 2.29 bits per heavy atom. The summed E-state index contributed by atoms with van der Waals surface area (Å²) in [5.41, 5.74) is 1.44. The van der Waals surface area contributed by atoms with E-state index < -0.39 is 0 Å². The maximum absolute atomic E-state index is 3.78. The first kappa shape index (κ1) is 11.7. The normalized spacial score (nSPS) is 33.3. The lowest BCUT2D eigenvalue weighted by Gasteiger charge is -2.26. The Morgan fingerprint density at radius 1 is 1.29 bits per heavy atom. The highest BCUT2D eigenvalue weighted by Crippen LogP contribution is 2.32. The fourth-order valence-corrected chi connectivity index (χ4v) is 4.11. The highest BCUT2D eigenvalue weighted by atomic mass is 32.1. The Balaban J connectivity index is 1.54. The minimum Gasteiger partial charge on any atom is -0.314 e. The Morgan fingerprint density at radius 3 is 3.06 bits per heavy atom. The third-order valence-corrected chi connectivity index (χ3v) is 5.07. The highest BCUT2D eigenvalue weighted by molar-refractivity contribution is 7.07.